The number of methoxy groups -OCH3 is 1. The molecule has 0 bridgehead atoms. The second kappa shape index (κ2) is 10.6. The molecule has 2 aliphatic rings. The molecule has 1 unspecified atom stereocenters. The van der Waals surface area contributed by atoms with Crippen LogP contribution in [-0.2, 0) is 32.1 Å². The van der Waals surface area contributed by atoms with Crippen LogP contribution in [0.3, 0.4) is 0 Å². The molecule has 2 aromatic carbocycles. The lowest BCUT2D eigenvalue weighted by Gasteiger charge is -2.51. The summed E-state index contributed by atoms with van der Waals surface area (Å²) in [6.45, 7) is 3.84. The Labute approximate surface area is 202 Å². The highest BCUT2D eigenvalue weighted by Crippen LogP contribution is 2.41. The Morgan fingerprint density at radius 2 is 1.85 bits per heavy atom. The van der Waals surface area contributed by atoms with Crippen molar-refractivity contribution in [3.8, 4) is 5.75 Å². The average molecular weight is 479 g/mol. The van der Waals surface area contributed by atoms with E-state index in [2.05, 4.69) is 11.9 Å². The Bertz CT molecular complexity index is 1100. The molecule has 0 aromatic heterocycles. The molecule has 2 aliphatic heterocycles. The minimum atomic E-state index is -0.836. The lowest BCUT2D eigenvalue weighted by molar-refractivity contribution is -0.164. The van der Waals surface area contributed by atoms with E-state index in [0.29, 0.717) is 12.2 Å². The van der Waals surface area contributed by atoms with Crippen LogP contribution in [0.2, 0.25) is 0 Å². The van der Waals surface area contributed by atoms with E-state index < -0.39 is 18.1 Å². The highest BCUT2D eigenvalue weighted by molar-refractivity contribution is 8.02. The van der Waals surface area contributed by atoms with E-state index >= 15 is 0 Å². The smallest absolute Gasteiger partial charge is 0.333 e. The number of carbonyl (C=O) groups is 3. The fraction of sp³-hybridized carbons (Fsp3) is 0.269. The van der Waals surface area contributed by atoms with Gasteiger partial charge in [0, 0.05) is 0 Å². The van der Waals surface area contributed by atoms with Gasteiger partial charge in [0.25, 0.3) is 0 Å². The van der Waals surface area contributed by atoms with Crippen molar-refractivity contribution in [1.82, 2.24) is 10.2 Å². The van der Waals surface area contributed by atoms with E-state index in [4.69, 9.17) is 9.47 Å². The first kappa shape index (κ1) is 23.6. The Kier molecular flexibility index (Phi) is 7.37. The van der Waals surface area contributed by atoms with Crippen LogP contribution < -0.4 is 10.1 Å². The number of rotatable bonds is 9. The van der Waals surface area contributed by atoms with Crippen molar-refractivity contribution in [1.29, 1.82) is 0 Å². The number of carbonyl (C=O) groups excluding carboxylic acids is 3. The monoisotopic (exact) mass is 478 g/mol. The van der Waals surface area contributed by atoms with Gasteiger partial charge in [-0.1, -0.05) is 48.5 Å². The maximum Gasteiger partial charge on any atom is 0.333 e. The Hall–Kier alpha value is -3.52. The zero-order chi connectivity index (χ0) is 24.1. The third kappa shape index (κ3) is 5.02. The van der Waals surface area contributed by atoms with Gasteiger partial charge >= 0.3 is 5.97 Å². The fourth-order valence-corrected chi connectivity index (χ4v) is 5.23. The summed E-state index contributed by atoms with van der Waals surface area (Å²) in [5.41, 5.74) is 2.43. The Morgan fingerprint density at radius 1 is 1.12 bits per heavy atom. The van der Waals surface area contributed by atoms with Crippen molar-refractivity contribution in [2.75, 3.05) is 7.11 Å². The number of fused-ring (bicyclic) bond motifs is 1. The van der Waals surface area contributed by atoms with Gasteiger partial charge in [-0.15, -0.1) is 18.3 Å². The van der Waals surface area contributed by atoms with Crippen LogP contribution in [-0.4, -0.2) is 47.3 Å². The van der Waals surface area contributed by atoms with E-state index in [1.54, 1.807) is 25.3 Å². The molecule has 0 saturated carbocycles. The summed E-state index contributed by atoms with van der Waals surface area (Å²) in [4.78, 5) is 40.1. The Morgan fingerprint density at radius 3 is 2.53 bits per heavy atom. The molecule has 7 nitrogen and oxygen atoms in total. The molecular formula is C26H26N2O5S. The molecule has 4 rings (SSSR count). The molecule has 3 atom stereocenters. The lowest BCUT2D eigenvalue weighted by atomic mass is 9.96. The van der Waals surface area contributed by atoms with E-state index in [-0.39, 0.29) is 30.2 Å². The highest BCUT2D eigenvalue weighted by Gasteiger charge is 2.55. The molecule has 1 fully saturated rings. The predicted molar refractivity (Wildman–Crippen MR) is 130 cm³/mol. The number of ether oxygens (including phenoxy) is 2. The molecule has 2 heterocycles. The highest BCUT2D eigenvalue weighted by atomic mass is 32.2. The summed E-state index contributed by atoms with van der Waals surface area (Å²) in [6.07, 6.45) is 2.34. The largest absolute Gasteiger partial charge is 0.497 e. The molecule has 0 spiro atoms. The lowest BCUT2D eigenvalue weighted by Crippen LogP contribution is -2.74. The summed E-state index contributed by atoms with van der Waals surface area (Å²) >= 11 is 1.42. The SMILES string of the molecule is C=CCC1=CS[C@@H]2[C@H](NC(=O)Cc3ccccc3)C(=O)N2C1C(=O)OCc1ccc(OC)cc1. The zero-order valence-corrected chi connectivity index (χ0v) is 19.6. The number of allylic oxidation sites excluding steroid dienone is 1. The van der Waals surface area contributed by atoms with Crippen LogP contribution in [0.5, 0.6) is 5.75 Å². The number of amides is 2. The van der Waals surface area contributed by atoms with E-state index in [9.17, 15) is 14.4 Å². The van der Waals surface area contributed by atoms with Gasteiger partial charge in [0.15, 0.2) is 6.04 Å². The van der Waals surface area contributed by atoms with Crippen LogP contribution in [0, 0.1) is 0 Å². The van der Waals surface area contributed by atoms with Crippen LogP contribution >= 0.6 is 11.8 Å². The van der Waals surface area contributed by atoms with Crippen molar-refractivity contribution in [3.05, 3.63) is 89.4 Å². The van der Waals surface area contributed by atoms with Gasteiger partial charge in [-0.2, -0.15) is 0 Å². The topological polar surface area (TPSA) is 84.9 Å². The minimum Gasteiger partial charge on any atom is -0.497 e. The predicted octanol–water partition coefficient (Wildman–Crippen LogP) is 3.21. The van der Waals surface area contributed by atoms with Gasteiger partial charge in [-0.3, -0.25) is 9.59 Å². The molecule has 1 saturated heterocycles. The third-order valence-electron chi connectivity index (χ3n) is 5.74. The summed E-state index contributed by atoms with van der Waals surface area (Å²) < 4.78 is 10.7. The van der Waals surface area contributed by atoms with Gasteiger partial charge in [-0.05, 0) is 40.7 Å². The van der Waals surface area contributed by atoms with Gasteiger partial charge in [0.05, 0.1) is 13.5 Å². The van der Waals surface area contributed by atoms with E-state index in [0.717, 1.165) is 16.7 Å². The van der Waals surface area contributed by atoms with Crippen LogP contribution in [0.25, 0.3) is 0 Å². The van der Waals surface area contributed by atoms with Crippen molar-refractivity contribution >= 4 is 29.5 Å². The molecule has 0 aliphatic carbocycles. The molecule has 2 amide bonds. The standard InChI is InChI=1S/C26H26N2O5S/c1-3-7-19-16-34-25-22(27-21(29)14-17-8-5-4-6-9-17)24(30)28(25)23(19)26(31)33-15-18-10-12-20(32-2)13-11-18/h3-6,8-13,16,22-23,25H,1,7,14-15H2,2H3,(H,27,29)/t22-,23?,25-/m1/s1. The first-order valence-corrected chi connectivity index (χ1v) is 11.9. The molecule has 0 radical (unpaired) electrons. The molecule has 1 N–H and O–H groups in total. The third-order valence-corrected chi connectivity index (χ3v) is 6.95. The number of nitrogens with zero attached hydrogens (tertiary/aromatic N) is 1. The summed E-state index contributed by atoms with van der Waals surface area (Å²) in [5.74, 6) is -0.314. The number of nitrogens with one attached hydrogen (secondary N) is 1. The second-order valence-corrected chi connectivity index (χ2v) is 9.01. The summed E-state index contributed by atoms with van der Waals surface area (Å²) in [6, 6.07) is 15.0. The van der Waals surface area contributed by atoms with Crippen LogP contribution in [0.15, 0.2) is 78.2 Å². The second-order valence-electron chi connectivity index (χ2n) is 8.02. The number of thioether (sulfide) groups is 1. The van der Waals surface area contributed by atoms with Crippen LogP contribution in [0.1, 0.15) is 17.5 Å². The van der Waals surface area contributed by atoms with Crippen molar-refractivity contribution in [2.45, 2.75) is 36.9 Å². The molecule has 8 heteroatoms. The van der Waals surface area contributed by atoms with Gasteiger partial charge in [0.2, 0.25) is 11.8 Å². The molecular weight excluding hydrogens is 452 g/mol. The number of hydrogen-bond acceptors (Lipinski definition) is 6. The summed E-state index contributed by atoms with van der Waals surface area (Å²) in [5, 5.41) is 4.34. The fourth-order valence-electron chi connectivity index (χ4n) is 3.99. The maximum absolute atomic E-state index is 13.1. The van der Waals surface area contributed by atoms with Crippen molar-refractivity contribution in [2.24, 2.45) is 0 Å². The maximum atomic E-state index is 13.1. The molecule has 2 aromatic rings. The zero-order valence-electron chi connectivity index (χ0n) is 18.8. The molecule has 176 valence electrons. The first-order valence-electron chi connectivity index (χ1n) is 10.9. The van der Waals surface area contributed by atoms with Crippen molar-refractivity contribution < 1.29 is 23.9 Å². The summed E-state index contributed by atoms with van der Waals surface area (Å²) in [7, 11) is 1.58. The number of benzene rings is 2. The van der Waals surface area contributed by atoms with Gasteiger partial charge in [-0.25, -0.2) is 4.79 Å². The quantitative estimate of drug-likeness (QED) is 0.339. The Balaban J connectivity index is 1.42. The normalized spacial score (nSPS) is 21.0. The van der Waals surface area contributed by atoms with Gasteiger partial charge < -0.3 is 19.7 Å². The minimum absolute atomic E-state index is 0.0811. The van der Waals surface area contributed by atoms with Gasteiger partial charge in [0.1, 0.15) is 23.8 Å². The number of esters is 1. The van der Waals surface area contributed by atoms with Crippen molar-refractivity contribution in [3.63, 3.8) is 0 Å². The number of β-lactam (4-membered cyclic amide) rings is 1. The van der Waals surface area contributed by atoms with E-state index in [1.165, 1.54) is 16.7 Å². The number of hydrogen-bond donors (Lipinski definition) is 1. The van der Waals surface area contributed by atoms with E-state index in [1.807, 2.05) is 47.9 Å². The average Bonchev–Trinajstić information content (AvgIpc) is 2.86. The molecule has 34 heavy (non-hydrogen) atoms. The van der Waals surface area contributed by atoms with Crippen LogP contribution in [0.4, 0.5) is 0 Å². The first-order chi connectivity index (χ1) is 16.5.